The second-order valence-electron chi connectivity index (χ2n) is 2.98. The maximum atomic E-state index is 11.8. The molecule has 0 N–H and O–H groups in total. The number of hydrogen-bond acceptors (Lipinski definition) is 4. The Morgan fingerprint density at radius 1 is 1.35 bits per heavy atom. The van der Waals surface area contributed by atoms with Crippen LogP contribution < -0.4 is 4.74 Å². The normalized spacial score (nSPS) is 12.5. The average molecular weight is 290 g/mol. The molecule has 0 saturated carbocycles. The minimum atomic E-state index is -4.31. The molecule has 96 valence electrons. The molecule has 1 heterocycles. The second kappa shape index (κ2) is 5.09. The van der Waals surface area contributed by atoms with Crippen molar-refractivity contribution >= 4 is 19.7 Å². The quantitative estimate of drug-likeness (QED) is 0.798. The minimum Gasteiger partial charge on any atom is -0.477 e. The fourth-order valence-electron chi connectivity index (χ4n) is 0.868. The van der Waals surface area contributed by atoms with Gasteiger partial charge in [0.25, 0.3) is 9.05 Å². The van der Waals surface area contributed by atoms with Crippen LogP contribution in [-0.4, -0.2) is 26.2 Å². The fourth-order valence-corrected chi connectivity index (χ4v) is 1.55. The molecule has 0 aliphatic heterocycles. The van der Waals surface area contributed by atoms with E-state index in [1.165, 1.54) is 0 Å². The zero-order chi connectivity index (χ0) is 13.1. The number of pyridine rings is 1. The Kier molecular flexibility index (Phi) is 4.21. The van der Waals surface area contributed by atoms with Crippen molar-refractivity contribution in [3.63, 3.8) is 0 Å². The number of nitrogens with zero attached hydrogens (tertiary/aromatic N) is 1. The van der Waals surface area contributed by atoms with Crippen LogP contribution in [0.1, 0.15) is 6.42 Å². The van der Waals surface area contributed by atoms with Crippen LogP contribution in [0, 0.1) is 0 Å². The van der Waals surface area contributed by atoms with Crippen LogP contribution in [0.15, 0.2) is 23.2 Å². The summed E-state index contributed by atoms with van der Waals surface area (Å²) in [5.41, 5.74) is 0. The Morgan fingerprint density at radius 3 is 2.41 bits per heavy atom. The Hall–Kier alpha value is -1.02. The summed E-state index contributed by atoms with van der Waals surface area (Å²) >= 11 is 0. The van der Waals surface area contributed by atoms with Crippen molar-refractivity contribution in [2.45, 2.75) is 17.5 Å². The van der Waals surface area contributed by atoms with Gasteiger partial charge in [-0.2, -0.15) is 13.2 Å². The van der Waals surface area contributed by atoms with Gasteiger partial charge in [-0.25, -0.2) is 13.4 Å². The lowest BCUT2D eigenvalue weighted by molar-refractivity contribution is -0.139. The molecule has 0 aliphatic carbocycles. The third-order valence-electron chi connectivity index (χ3n) is 1.63. The molecule has 1 aromatic rings. The molecule has 0 aromatic carbocycles. The standard InChI is InChI=1S/C8H7ClF3NO3S/c9-17(14,15)6-1-2-7(13-5-6)16-4-3-8(10,11)12/h1-2,5H,3-4H2. The topological polar surface area (TPSA) is 56.3 Å². The summed E-state index contributed by atoms with van der Waals surface area (Å²) in [4.78, 5) is 3.26. The van der Waals surface area contributed by atoms with Crippen LogP contribution in [0.4, 0.5) is 13.2 Å². The van der Waals surface area contributed by atoms with Crippen molar-refractivity contribution in [2.24, 2.45) is 0 Å². The first-order valence-electron chi connectivity index (χ1n) is 4.29. The fraction of sp³-hybridized carbons (Fsp3) is 0.375. The number of alkyl halides is 3. The molecule has 0 spiro atoms. The van der Waals surface area contributed by atoms with E-state index in [-0.39, 0.29) is 10.8 Å². The zero-order valence-corrected chi connectivity index (χ0v) is 9.81. The smallest absolute Gasteiger partial charge is 0.392 e. The highest BCUT2D eigenvalue weighted by Gasteiger charge is 2.26. The molecular weight excluding hydrogens is 283 g/mol. The van der Waals surface area contributed by atoms with Crippen LogP contribution in [0.2, 0.25) is 0 Å². The van der Waals surface area contributed by atoms with Gasteiger partial charge in [-0.05, 0) is 6.07 Å². The first-order valence-corrected chi connectivity index (χ1v) is 6.60. The summed E-state index contributed by atoms with van der Waals surface area (Å²) in [5, 5.41) is 0. The van der Waals surface area contributed by atoms with E-state index in [4.69, 9.17) is 10.7 Å². The Morgan fingerprint density at radius 2 is 2.00 bits per heavy atom. The third-order valence-corrected chi connectivity index (χ3v) is 2.97. The molecule has 0 unspecified atom stereocenters. The van der Waals surface area contributed by atoms with E-state index in [9.17, 15) is 21.6 Å². The summed E-state index contributed by atoms with van der Waals surface area (Å²) in [6.45, 7) is -0.580. The number of ether oxygens (including phenoxy) is 1. The van der Waals surface area contributed by atoms with E-state index in [0.717, 1.165) is 18.3 Å². The van der Waals surface area contributed by atoms with Crippen molar-refractivity contribution in [2.75, 3.05) is 6.61 Å². The van der Waals surface area contributed by atoms with Crippen LogP contribution in [0.25, 0.3) is 0 Å². The van der Waals surface area contributed by atoms with Gasteiger partial charge < -0.3 is 4.74 Å². The SMILES string of the molecule is O=S(=O)(Cl)c1ccc(OCCC(F)(F)F)nc1. The number of halogens is 4. The van der Waals surface area contributed by atoms with Gasteiger partial charge >= 0.3 is 6.18 Å². The summed E-state index contributed by atoms with van der Waals surface area (Å²) in [6, 6.07) is 2.23. The molecule has 0 radical (unpaired) electrons. The average Bonchev–Trinajstić information content (AvgIpc) is 2.15. The predicted octanol–water partition coefficient (Wildman–Crippen LogP) is 2.34. The van der Waals surface area contributed by atoms with Crippen LogP contribution in [0.5, 0.6) is 5.88 Å². The minimum absolute atomic E-state index is 0.0988. The molecule has 0 bridgehead atoms. The molecule has 0 amide bonds. The Balaban J connectivity index is 2.58. The van der Waals surface area contributed by atoms with Gasteiger partial charge in [0.15, 0.2) is 0 Å². The molecule has 0 saturated heterocycles. The van der Waals surface area contributed by atoms with E-state index in [1.54, 1.807) is 0 Å². The molecule has 4 nitrogen and oxygen atoms in total. The second-order valence-corrected chi connectivity index (χ2v) is 5.55. The summed E-state index contributed by atoms with van der Waals surface area (Å²) in [6.07, 6.45) is -4.51. The van der Waals surface area contributed by atoms with Gasteiger partial charge in [0.1, 0.15) is 4.90 Å². The molecule has 17 heavy (non-hydrogen) atoms. The van der Waals surface area contributed by atoms with Crippen molar-refractivity contribution in [3.8, 4) is 5.88 Å². The third kappa shape index (κ3) is 5.22. The first-order chi connectivity index (χ1) is 7.68. The molecule has 1 rings (SSSR count). The summed E-state index contributed by atoms with van der Waals surface area (Å²) in [7, 11) is 1.13. The van der Waals surface area contributed by atoms with Gasteiger partial charge in [-0.1, -0.05) is 0 Å². The van der Waals surface area contributed by atoms with E-state index in [0.29, 0.717) is 0 Å². The van der Waals surface area contributed by atoms with Gasteiger partial charge in [0.2, 0.25) is 5.88 Å². The van der Waals surface area contributed by atoms with Gasteiger partial charge in [-0.3, -0.25) is 0 Å². The van der Waals surface area contributed by atoms with Crippen LogP contribution in [-0.2, 0) is 9.05 Å². The van der Waals surface area contributed by atoms with E-state index in [2.05, 4.69) is 9.72 Å². The largest absolute Gasteiger partial charge is 0.477 e. The Labute approximate surface area is 99.8 Å². The highest BCUT2D eigenvalue weighted by Crippen LogP contribution is 2.20. The maximum absolute atomic E-state index is 11.8. The number of aromatic nitrogens is 1. The highest BCUT2D eigenvalue weighted by atomic mass is 35.7. The van der Waals surface area contributed by atoms with E-state index >= 15 is 0 Å². The Bertz CT molecular complexity index is 472. The molecular formula is C8H7ClF3NO3S. The monoisotopic (exact) mass is 289 g/mol. The maximum Gasteiger partial charge on any atom is 0.392 e. The number of rotatable bonds is 4. The lowest BCUT2D eigenvalue weighted by atomic mass is 10.4. The lowest BCUT2D eigenvalue weighted by Gasteiger charge is -2.07. The highest BCUT2D eigenvalue weighted by molar-refractivity contribution is 8.13. The molecule has 9 heteroatoms. The predicted molar refractivity (Wildman–Crippen MR) is 53.4 cm³/mol. The first kappa shape index (κ1) is 14.0. The van der Waals surface area contributed by atoms with Gasteiger partial charge in [0.05, 0.1) is 19.2 Å². The molecule has 0 atom stereocenters. The van der Waals surface area contributed by atoms with E-state index in [1.807, 2.05) is 0 Å². The lowest BCUT2D eigenvalue weighted by Crippen LogP contribution is -2.13. The summed E-state index contributed by atoms with van der Waals surface area (Å²) in [5.74, 6) is -0.0988. The van der Waals surface area contributed by atoms with E-state index < -0.39 is 28.3 Å². The number of hydrogen-bond donors (Lipinski definition) is 0. The molecule has 0 fully saturated rings. The van der Waals surface area contributed by atoms with Crippen molar-refractivity contribution < 1.29 is 26.3 Å². The van der Waals surface area contributed by atoms with Gasteiger partial charge in [-0.15, -0.1) is 0 Å². The zero-order valence-electron chi connectivity index (χ0n) is 8.24. The molecule has 0 aliphatic rings. The van der Waals surface area contributed by atoms with Crippen LogP contribution in [0.3, 0.4) is 0 Å². The van der Waals surface area contributed by atoms with Crippen LogP contribution >= 0.6 is 10.7 Å². The van der Waals surface area contributed by atoms with Crippen molar-refractivity contribution in [1.29, 1.82) is 0 Å². The van der Waals surface area contributed by atoms with Crippen molar-refractivity contribution in [3.05, 3.63) is 18.3 Å². The van der Waals surface area contributed by atoms with Gasteiger partial charge in [0, 0.05) is 16.7 Å². The molecule has 1 aromatic heterocycles. The summed E-state index contributed by atoms with van der Waals surface area (Å²) < 4.78 is 61.7. The van der Waals surface area contributed by atoms with Crippen molar-refractivity contribution in [1.82, 2.24) is 4.98 Å².